The van der Waals surface area contributed by atoms with Gasteiger partial charge >= 0.3 is 0 Å². The van der Waals surface area contributed by atoms with Crippen LogP contribution in [-0.2, 0) is 4.74 Å². The summed E-state index contributed by atoms with van der Waals surface area (Å²) in [7, 11) is 0. The summed E-state index contributed by atoms with van der Waals surface area (Å²) in [5, 5.41) is 22.3. The lowest BCUT2D eigenvalue weighted by Crippen LogP contribution is -2.41. The highest BCUT2D eigenvalue weighted by Gasteiger charge is 2.18. The topological polar surface area (TPSA) is 61.7 Å². The van der Waals surface area contributed by atoms with Gasteiger partial charge in [0.05, 0.1) is 18.3 Å². The lowest BCUT2D eigenvalue weighted by Gasteiger charge is -2.23. The second-order valence-corrected chi connectivity index (χ2v) is 4.19. The minimum atomic E-state index is -0.680. The summed E-state index contributed by atoms with van der Waals surface area (Å²) in [5.41, 5.74) is -0.680. The zero-order valence-corrected chi connectivity index (χ0v) is 10.1. The molecule has 0 aliphatic heterocycles. The van der Waals surface area contributed by atoms with Gasteiger partial charge in [-0.25, -0.2) is 0 Å². The maximum absolute atomic E-state index is 9.83. The van der Waals surface area contributed by atoms with Gasteiger partial charge in [-0.2, -0.15) is 0 Å². The van der Waals surface area contributed by atoms with Crippen molar-refractivity contribution in [1.29, 1.82) is 0 Å². The highest BCUT2D eigenvalue weighted by molar-refractivity contribution is 4.75. The fraction of sp³-hybridized carbons (Fsp3) is 1.00. The normalized spacial score (nSPS) is 17.4. The van der Waals surface area contributed by atoms with E-state index in [9.17, 15) is 10.2 Å². The molecule has 4 nitrogen and oxygen atoms in total. The van der Waals surface area contributed by atoms with Crippen LogP contribution in [0.15, 0.2) is 0 Å². The monoisotopic (exact) mass is 219 g/mol. The van der Waals surface area contributed by atoms with Gasteiger partial charge < -0.3 is 20.3 Å². The second kappa shape index (κ2) is 8.05. The zero-order valence-electron chi connectivity index (χ0n) is 10.1. The van der Waals surface area contributed by atoms with Gasteiger partial charge in [-0.05, 0) is 20.3 Å². The van der Waals surface area contributed by atoms with Gasteiger partial charge in [-0.1, -0.05) is 13.3 Å². The molecule has 2 atom stereocenters. The van der Waals surface area contributed by atoms with Crippen LogP contribution in [0.4, 0.5) is 0 Å². The first-order valence-electron chi connectivity index (χ1n) is 5.70. The maximum Gasteiger partial charge on any atom is 0.0897 e. The van der Waals surface area contributed by atoms with E-state index in [0.717, 1.165) is 12.8 Å². The van der Waals surface area contributed by atoms with Crippen LogP contribution >= 0.6 is 0 Å². The Hall–Kier alpha value is -0.160. The Bertz CT molecular complexity index is 151. The summed E-state index contributed by atoms with van der Waals surface area (Å²) in [5.74, 6) is 0. The first-order valence-corrected chi connectivity index (χ1v) is 5.70. The van der Waals surface area contributed by atoms with Gasteiger partial charge in [0.1, 0.15) is 0 Å². The molecule has 0 radical (unpaired) electrons. The van der Waals surface area contributed by atoms with Crippen LogP contribution in [0.3, 0.4) is 0 Å². The van der Waals surface area contributed by atoms with E-state index in [1.807, 2.05) is 13.8 Å². The maximum atomic E-state index is 9.83. The molecule has 0 rings (SSSR count). The summed E-state index contributed by atoms with van der Waals surface area (Å²) in [6, 6.07) is 0. The predicted molar refractivity (Wildman–Crippen MR) is 60.9 cm³/mol. The van der Waals surface area contributed by atoms with Gasteiger partial charge in [0.25, 0.3) is 0 Å². The quantitative estimate of drug-likeness (QED) is 0.529. The van der Waals surface area contributed by atoms with Gasteiger partial charge in [0.15, 0.2) is 0 Å². The van der Waals surface area contributed by atoms with Crippen molar-refractivity contribution in [2.45, 2.75) is 45.3 Å². The van der Waals surface area contributed by atoms with E-state index in [4.69, 9.17) is 4.74 Å². The number of nitrogens with one attached hydrogen (secondary N) is 1. The molecule has 0 aromatic rings. The average Bonchev–Trinajstić information content (AvgIpc) is 2.14. The molecule has 0 fully saturated rings. The van der Waals surface area contributed by atoms with Crippen molar-refractivity contribution in [2.24, 2.45) is 0 Å². The first kappa shape index (κ1) is 14.8. The fourth-order valence-electron chi connectivity index (χ4n) is 1.45. The lowest BCUT2D eigenvalue weighted by molar-refractivity contribution is 0.0273. The second-order valence-electron chi connectivity index (χ2n) is 4.19. The van der Waals surface area contributed by atoms with Gasteiger partial charge in [-0.15, -0.1) is 0 Å². The molecule has 4 heteroatoms. The highest BCUT2D eigenvalue weighted by Crippen LogP contribution is 2.09. The van der Waals surface area contributed by atoms with Gasteiger partial charge in [0.2, 0.25) is 0 Å². The molecule has 0 heterocycles. The fourth-order valence-corrected chi connectivity index (χ4v) is 1.45. The Morgan fingerprint density at radius 2 is 2.07 bits per heavy atom. The Balaban J connectivity index is 3.51. The molecule has 92 valence electrons. The van der Waals surface area contributed by atoms with Crippen molar-refractivity contribution in [3.05, 3.63) is 0 Å². The number of ether oxygens (including phenoxy) is 1. The third-order valence-corrected chi connectivity index (χ3v) is 2.19. The molecule has 0 spiro atoms. The Morgan fingerprint density at radius 3 is 2.60 bits per heavy atom. The van der Waals surface area contributed by atoms with Crippen molar-refractivity contribution in [3.8, 4) is 0 Å². The lowest BCUT2D eigenvalue weighted by atomic mass is 10.0. The predicted octanol–water partition coefficient (Wildman–Crippen LogP) is 0.524. The summed E-state index contributed by atoms with van der Waals surface area (Å²) >= 11 is 0. The van der Waals surface area contributed by atoms with Crippen molar-refractivity contribution in [2.75, 3.05) is 26.3 Å². The Kier molecular flexibility index (Phi) is 7.96. The molecule has 0 amide bonds. The number of hydrogen-bond donors (Lipinski definition) is 3. The molecular weight excluding hydrogens is 194 g/mol. The van der Waals surface area contributed by atoms with Crippen molar-refractivity contribution >= 4 is 0 Å². The van der Waals surface area contributed by atoms with Crippen LogP contribution in [0, 0.1) is 0 Å². The summed E-state index contributed by atoms with van der Waals surface area (Å²) < 4.78 is 5.07. The molecule has 15 heavy (non-hydrogen) atoms. The van der Waals surface area contributed by atoms with Crippen LogP contribution in [-0.4, -0.2) is 48.2 Å². The van der Waals surface area contributed by atoms with Crippen molar-refractivity contribution < 1.29 is 14.9 Å². The molecule has 0 saturated heterocycles. The van der Waals surface area contributed by atoms with Crippen molar-refractivity contribution in [1.82, 2.24) is 5.32 Å². The molecule has 0 bridgehead atoms. The van der Waals surface area contributed by atoms with Gasteiger partial charge in [-0.3, -0.25) is 0 Å². The highest BCUT2D eigenvalue weighted by atomic mass is 16.5. The van der Waals surface area contributed by atoms with E-state index in [0.29, 0.717) is 26.3 Å². The SMILES string of the molecule is CCCC(C)(O)CNCC(O)COCC. The van der Waals surface area contributed by atoms with Crippen LogP contribution in [0.5, 0.6) is 0 Å². The van der Waals surface area contributed by atoms with Crippen LogP contribution < -0.4 is 5.32 Å². The summed E-state index contributed by atoms with van der Waals surface area (Å²) in [6.07, 6.45) is 1.22. The van der Waals surface area contributed by atoms with E-state index in [2.05, 4.69) is 5.32 Å². The molecule has 0 aromatic heterocycles. The average molecular weight is 219 g/mol. The van der Waals surface area contributed by atoms with E-state index >= 15 is 0 Å². The van der Waals surface area contributed by atoms with E-state index in [-0.39, 0.29) is 0 Å². The number of hydrogen-bond acceptors (Lipinski definition) is 4. The minimum absolute atomic E-state index is 0.347. The van der Waals surface area contributed by atoms with E-state index in [1.54, 1.807) is 6.92 Å². The molecular formula is C11H25NO3. The van der Waals surface area contributed by atoms with Crippen molar-refractivity contribution in [3.63, 3.8) is 0 Å². The standard InChI is InChI=1S/C11H25NO3/c1-4-6-11(3,14)9-12-7-10(13)8-15-5-2/h10,12-14H,4-9H2,1-3H3. The minimum Gasteiger partial charge on any atom is -0.389 e. The molecule has 0 saturated carbocycles. The molecule has 2 unspecified atom stereocenters. The summed E-state index contributed by atoms with van der Waals surface area (Å²) in [4.78, 5) is 0. The third-order valence-electron chi connectivity index (χ3n) is 2.19. The Morgan fingerprint density at radius 1 is 1.40 bits per heavy atom. The third kappa shape index (κ3) is 8.81. The van der Waals surface area contributed by atoms with E-state index < -0.39 is 11.7 Å². The Labute approximate surface area is 92.6 Å². The molecule has 0 aromatic carbocycles. The molecule has 0 aliphatic rings. The first-order chi connectivity index (χ1) is 7.02. The zero-order chi connectivity index (χ0) is 11.7. The number of aliphatic hydroxyl groups is 2. The number of rotatable bonds is 9. The van der Waals surface area contributed by atoms with Crippen LogP contribution in [0.2, 0.25) is 0 Å². The largest absolute Gasteiger partial charge is 0.389 e. The summed E-state index contributed by atoms with van der Waals surface area (Å²) in [6.45, 7) is 7.66. The molecule has 3 N–H and O–H groups in total. The molecule has 0 aliphatic carbocycles. The van der Waals surface area contributed by atoms with E-state index in [1.165, 1.54) is 0 Å². The van der Waals surface area contributed by atoms with Crippen LogP contribution in [0.1, 0.15) is 33.6 Å². The smallest absolute Gasteiger partial charge is 0.0897 e. The number of aliphatic hydroxyl groups excluding tert-OH is 1. The van der Waals surface area contributed by atoms with Crippen LogP contribution in [0.25, 0.3) is 0 Å². The van der Waals surface area contributed by atoms with Gasteiger partial charge in [0, 0.05) is 19.7 Å².